The predicted octanol–water partition coefficient (Wildman–Crippen LogP) is 5.17. The molecule has 0 spiro atoms. The Bertz CT molecular complexity index is 677. The molecule has 0 atom stereocenters. The fraction of sp³-hybridized carbons (Fsp3) is 0.200. The van der Waals surface area contributed by atoms with Crippen molar-refractivity contribution < 1.29 is 9.13 Å². The van der Waals surface area contributed by atoms with Gasteiger partial charge in [-0.1, -0.05) is 23.2 Å². The zero-order valence-electron chi connectivity index (χ0n) is 11.6. The quantitative estimate of drug-likeness (QED) is 0.761. The summed E-state index contributed by atoms with van der Waals surface area (Å²) in [5.74, 6) is -0.378. The topological polar surface area (TPSA) is 47.3 Å². The number of aryl methyl sites for hydroxylation is 1. The molecule has 2 rings (SSSR count). The molecule has 6 heteroatoms. The lowest BCUT2D eigenvalue weighted by Crippen LogP contribution is -2.01. The van der Waals surface area contributed by atoms with E-state index in [-0.39, 0.29) is 11.4 Å². The third kappa shape index (κ3) is 3.52. The Labute approximate surface area is 132 Å². The van der Waals surface area contributed by atoms with E-state index in [0.717, 1.165) is 5.56 Å². The normalized spacial score (nSPS) is 10.5. The molecule has 0 aliphatic rings. The van der Waals surface area contributed by atoms with Crippen LogP contribution in [0.5, 0.6) is 5.75 Å². The Morgan fingerprint density at radius 3 is 2.52 bits per heavy atom. The predicted molar refractivity (Wildman–Crippen MR) is 86.5 cm³/mol. The Morgan fingerprint density at radius 2 is 1.86 bits per heavy atom. The SMILES string of the molecule is CCOc1cc(Nc2cc(Cl)c(C)cc2Cl)c(N)cc1F. The fourth-order valence-corrected chi connectivity index (χ4v) is 2.26. The first-order chi connectivity index (χ1) is 9.92. The molecule has 0 saturated heterocycles. The molecule has 0 aliphatic heterocycles. The van der Waals surface area contributed by atoms with E-state index >= 15 is 0 Å². The molecule has 2 aromatic rings. The summed E-state index contributed by atoms with van der Waals surface area (Å²) in [7, 11) is 0. The molecule has 0 fully saturated rings. The van der Waals surface area contributed by atoms with E-state index < -0.39 is 5.82 Å². The number of hydrogen-bond acceptors (Lipinski definition) is 3. The van der Waals surface area contributed by atoms with Gasteiger partial charge in [0.1, 0.15) is 0 Å². The maximum atomic E-state index is 13.7. The standard InChI is InChI=1S/C15H15Cl2FN2O/c1-3-21-15-7-14(12(19)6-11(15)18)20-13-5-9(16)8(2)4-10(13)17/h4-7,20H,3,19H2,1-2H3. The summed E-state index contributed by atoms with van der Waals surface area (Å²) in [4.78, 5) is 0. The molecule has 0 amide bonds. The van der Waals surface area contributed by atoms with Crippen molar-refractivity contribution >= 4 is 40.3 Å². The third-order valence-electron chi connectivity index (χ3n) is 2.92. The van der Waals surface area contributed by atoms with E-state index in [1.165, 1.54) is 12.1 Å². The van der Waals surface area contributed by atoms with Crippen LogP contribution in [0.25, 0.3) is 0 Å². The van der Waals surface area contributed by atoms with Crippen LogP contribution in [0.1, 0.15) is 12.5 Å². The van der Waals surface area contributed by atoms with Gasteiger partial charge in [0, 0.05) is 17.2 Å². The summed E-state index contributed by atoms with van der Waals surface area (Å²) < 4.78 is 18.9. The maximum Gasteiger partial charge on any atom is 0.167 e. The van der Waals surface area contributed by atoms with Crippen molar-refractivity contribution in [3.8, 4) is 5.75 Å². The number of rotatable bonds is 4. The molecule has 0 radical (unpaired) electrons. The molecule has 0 heterocycles. The number of nitrogens with one attached hydrogen (secondary N) is 1. The van der Waals surface area contributed by atoms with E-state index in [1.807, 2.05) is 6.92 Å². The van der Waals surface area contributed by atoms with Gasteiger partial charge >= 0.3 is 0 Å². The monoisotopic (exact) mass is 328 g/mol. The Kier molecular flexibility index (Phi) is 4.80. The van der Waals surface area contributed by atoms with Crippen molar-refractivity contribution in [2.75, 3.05) is 17.7 Å². The van der Waals surface area contributed by atoms with E-state index in [1.54, 1.807) is 19.1 Å². The molecule has 0 aliphatic carbocycles. The molecule has 0 saturated carbocycles. The first kappa shape index (κ1) is 15.7. The molecule has 3 nitrogen and oxygen atoms in total. The second-order valence-electron chi connectivity index (χ2n) is 4.51. The van der Waals surface area contributed by atoms with Gasteiger partial charge in [-0.05, 0) is 31.5 Å². The van der Waals surface area contributed by atoms with Crippen LogP contribution < -0.4 is 15.8 Å². The van der Waals surface area contributed by atoms with E-state index in [9.17, 15) is 4.39 Å². The van der Waals surface area contributed by atoms with Crippen LogP contribution >= 0.6 is 23.2 Å². The van der Waals surface area contributed by atoms with Gasteiger partial charge < -0.3 is 15.8 Å². The highest BCUT2D eigenvalue weighted by atomic mass is 35.5. The van der Waals surface area contributed by atoms with Crippen molar-refractivity contribution in [3.63, 3.8) is 0 Å². The van der Waals surface area contributed by atoms with Gasteiger partial charge in [-0.3, -0.25) is 0 Å². The second kappa shape index (κ2) is 6.41. The van der Waals surface area contributed by atoms with Gasteiger partial charge in [-0.25, -0.2) is 4.39 Å². The average Bonchev–Trinajstić information content (AvgIpc) is 2.41. The van der Waals surface area contributed by atoms with Gasteiger partial charge in [0.05, 0.1) is 28.7 Å². The van der Waals surface area contributed by atoms with Gasteiger partial charge in [0.25, 0.3) is 0 Å². The molecule has 3 N–H and O–H groups in total. The van der Waals surface area contributed by atoms with Gasteiger partial charge in [0.15, 0.2) is 11.6 Å². The van der Waals surface area contributed by atoms with Crippen LogP contribution in [-0.4, -0.2) is 6.61 Å². The molecular weight excluding hydrogens is 314 g/mol. The van der Waals surface area contributed by atoms with Crippen molar-refractivity contribution in [1.29, 1.82) is 0 Å². The van der Waals surface area contributed by atoms with E-state index in [0.29, 0.717) is 28.0 Å². The summed E-state index contributed by atoms with van der Waals surface area (Å²) in [6, 6.07) is 6.15. The van der Waals surface area contributed by atoms with Crippen LogP contribution in [0.15, 0.2) is 24.3 Å². The Morgan fingerprint density at radius 1 is 1.14 bits per heavy atom. The van der Waals surface area contributed by atoms with Crippen molar-refractivity contribution in [1.82, 2.24) is 0 Å². The second-order valence-corrected chi connectivity index (χ2v) is 5.32. The number of nitrogens with two attached hydrogens (primary N) is 1. The Balaban J connectivity index is 2.39. The zero-order chi connectivity index (χ0) is 15.6. The lowest BCUT2D eigenvalue weighted by atomic mass is 10.2. The highest BCUT2D eigenvalue weighted by Gasteiger charge is 2.11. The Hall–Kier alpha value is -1.65. The molecular formula is C15H15Cl2FN2O. The molecule has 0 unspecified atom stereocenters. The zero-order valence-corrected chi connectivity index (χ0v) is 13.1. The van der Waals surface area contributed by atoms with E-state index in [2.05, 4.69) is 5.32 Å². The number of halogens is 3. The largest absolute Gasteiger partial charge is 0.491 e. The fourth-order valence-electron chi connectivity index (χ4n) is 1.83. The number of benzene rings is 2. The summed E-state index contributed by atoms with van der Waals surface area (Å²) in [5.41, 5.74) is 8.03. The van der Waals surface area contributed by atoms with Crippen LogP contribution in [0.2, 0.25) is 10.0 Å². The maximum absolute atomic E-state index is 13.7. The minimum atomic E-state index is -0.507. The third-order valence-corrected chi connectivity index (χ3v) is 3.64. The summed E-state index contributed by atoms with van der Waals surface area (Å²) in [5, 5.41) is 4.12. The smallest absolute Gasteiger partial charge is 0.167 e. The van der Waals surface area contributed by atoms with Gasteiger partial charge in [-0.2, -0.15) is 0 Å². The lowest BCUT2D eigenvalue weighted by Gasteiger charge is -2.14. The number of ether oxygens (including phenoxy) is 1. The van der Waals surface area contributed by atoms with Gasteiger partial charge in [-0.15, -0.1) is 0 Å². The van der Waals surface area contributed by atoms with Crippen LogP contribution in [0, 0.1) is 12.7 Å². The average molecular weight is 329 g/mol. The molecule has 0 aromatic heterocycles. The van der Waals surface area contributed by atoms with Crippen LogP contribution in [0.3, 0.4) is 0 Å². The minimum absolute atomic E-state index is 0.128. The summed E-state index contributed by atoms with van der Waals surface area (Å²) in [6.07, 6.45) is 0. The van der Waals surface area contributed by atoms with Crippen molar-refractivity contribution in [2.45, 2.75) is 13.8 Å². The molecule has 2 aromatic carbocycles. The molecule has 0 bridgehead atoms. The van der Waals surface area contributed by atoms with Gasteiger partial charge in [0.2, 0.25) is 0 Å². The first-order valence-corrected chi connectivity index (χ1v) is 7.12. The molecule has 112 valence electrons. The van der Waals surface area contributed by atoms with Crippen LogP contribution in [-0.2, 0) is 0 Å². The molecule has 21 heavy (non-hydrogen) atoms. The number of nitrogen functional groups attached to an aromatic ring is 1. The highest BCUT2D eigenvalue weighted by Crippen LogP contribution is 2.35. The number of anilines is 3. The van der Waals surface area contributed by atoms with Crippen LogP contribution in [0.4, 0.5) is 21.5 Å². The highest BCUT2D eigenvalue weighted by molar-refractivity contribution is 6.35. The van der Waals surface area contributed by atoms with Crippen molar-refractivity contribution in [3.05, 3.63) is 45.7 Å². The summed E-state index contributed by atoms with van der Waals surface area (Å²) >= 11 is 12.3. The first-order valence-electron chi connectivity index (χ1n) is 6.36. The van der Waals surface area contributed by atoms with Crippen molar-refractivity contribution in [2.24, 2.45) is 0 Å². The number of hydrogen-bond donors (Lipinski definition) is 2. The minimum Gasteiger partial charge on any atom is -0.491 e. The summed E-state index contributed by atoms with van der Waals surface area (Å²) in [6.45, 7) is 3.99. The lowest BCUT2D eigenvalue weighted by molar-refractivity contribution is 0.322. The van der Waals surface area contributed by atoms with E-state index in [4.69, 9.17) is 33.7 Å².